The highest BCUT2D eigenvalue weighted by Gasteiger charge is 2.25. The molecule has 0 amide bonds. The summed E-state index contributed by atoms with van der Waals surface area (Å²) in [6, 6.07) is 27.0. The number of fused-ring (bicyclic) bond motifs is 1. The predicted octanol–water partition coefficient (Wildman–Crippen LogP) is 6.13. The van der Waals surface area contributed by atoms with Gasteiger partial charge in [-0.3, -0.25) is 0 Å². The van der Waals surface area contributed by atoms with Crippen molar-refractivity contribution in [2.75, 3.05) is 19.0 Å². The van der Waals surface area contributed by atoms with Gasteiger partial charge in [-0.15, -0.1) is 0 Å². The first-order chi connectivity index (χ1) is 12.6. The molecule has 3 aromatic carbocycles. The molecule has 0 saturated heterocycles. The Hall–Kier alpha value is -2.54. The van der Waals surface area contributed by atoms with Gasteiger partial charge < -0.3 is 4.90 Å². The maximum atomic E-state index is 2.39. The van der Waals surface area contributed by atoms with E-state index in [0.717, 1.165) is 5.92 Å². The van der Waals surface area contributed by atoms with Gasteiger partial charge in [-0.1, -0.05) is 67.6 Å². The number of rotatable bonds is 3. The molecule has 1 aliphatic carbocycles. The molecule has 132 valence electrons. The Morgan fingerprint density at radius 2 is 1.58 bits per heavy atom. The molecular formula is C25H27N. The highest BCUT2D eigenvalue weighted by molar-refractivity contribution is 5.67. The van der Waals surface area contributed by atoms with Crippen molar-refractivity contribution < 1.29 is 0 Å². The van der Waals surface area contributed by atoms with Crippen LogP contribution in [-0.2, 0) is 6.42 Å². The lowest BCUT2D eigenvalue weighted by Gasteiger charge is -2.30. The van der Waals surface area contributed by atoms with Gasteiger partial charge in [0.25, 0.3) is 0 Å². The van der Waals surface area contributed by atoms with E-state index in [9.17, 15) is 0 Å². The third-order valence-corrected chi connectivity index (χ3v) is 5.64. The smallest absolute Gasteiger partial charge is 0.0361 e. The average Bonchev–Trinajstić information content (AvgIpc) is 2.67. The molecule has 0 aliphatic heterocycles. The van der Waals surface area contributed by atoms with Gasteiger partial charge in [-0.05, 0) is 58.7 Å². The fourth-order valence-electron chi connectivity index (χ4n) is 4.25. The van der Waals surface area contributed by atoms with Gasteiger partial charge in [0, 0.05) is 25.7 Å². The predicted molar refractivity (Wildman–Crippen MR) is 112 cm³/mol. The van der Waals surface area contributed by atoms with Crippen molar-refractivity contribution in [2.45, 2.75) is 25.7 Å². The second kappa shape index (κ2) is 6.99. The lowest BCUT2D eigenvalue weighted by atomic mass is 9.74. The maximum Gasteiger partial charge on any atom is 0.0361 e. The van der Waals surface area contributed by atoms with E-state index in [2.05, 4.69) is 98.7 Å². The van der Waals surface area contributed by atoms with Crippen molar-refractivity contribution in [1.82, 2.24) is 0 Å². The van der Waals surface area contributed by atoms with E-state index in [-0.39, 0.29) is 0 Å². The molecule has 0 fully saturated rings. The SMILES string of the molecule is C[C@H]1Cc2ccccc2C(c2cccc(-c3ccc(N(C)C)cc3)c2)C1. The van der Waals surface area contributed by atoms with Crippen molar-refractivity contribution >= 4 is 5.69 Å². The standard InChI is InChI=1S/C25H27N/c1-18-15-21-7-4-5-10-24(21)25(16-18)22-9-6-8-20(17-22)19-11-13-23(14-12-19)26(2)3/h4-14,17-18,25H,15-16H2,1-3H3/t18-,25?/m0/s1. The van der Waals surface area contributed by atoms with Crippen LogP contribution >= 0.6 is 0 Å². The molecule has 1 unspecified atom stereocenters. The summed E-state index contributed by atoms with van der Waals surface area (Å²) in [6.45, 7) is 2.38. The van der Waals surface area contributed by atoms with Gasteiger partial charge in [-0.25, -0.2) is 0 Å². The fraction of sp³-hybridized carbons (Fsp3) is 0.280. The normalized spacial score (nSPS) is 19.0. The topological polar surface area (TPSA) is 3.24 Å². The van der Waals surface area contributed by atoms with E-state index in [1.165, 1.54) is 46.3 Å². The molecular weight excluding hydrogens is 314 g/mol. The minimum Gasteiger partial charge on any atom is -0.378 e. The summed E-state index contributed by atoms with van der Waals surface area (Å²) < 4.78 is 0. The maximum absolute atomic E-state index is 2.39. The van der Waals surface area contributed by atoms with Crippen LogP contribution in [0, 0.1) is 5.92 Å². The van der Waals surface area contributed by atoms with Crippen molar-refractivity contribution in [3.05, 3.63) is 89.5 Å². The number of hydrogen-bond donors (Lipinski definition) is 0. The van der Waals surface area contributed by atoms with Gasteiger partial charge in [-0.2, -0.15) is 0 Å². The molecule has 0 N–H and O–H groups in total. The summed E-state index contributed by atoms with van der Waals surface area (Å²) in [4.78, 5) is 2.14. The first-order valence-electron chi connectivity index (χ1n) is 9.57. The molecule has 0 bridgehead atoms. The lowest BCUT2D eigenvalue weighted by Crippen LogP contribution is -2.17. The molecule has 0 spiro atoms. The molecule has 2 atom stereocenters. The van der Waals surface area contributed by atoms with E-state index in [4.69, 9.17) is 0 Å². The molecule has 1 aliphatic rings. The Kier molecular flexibility index (Phi) is 4.55. The molecule has 4 rings (SSSR count). The first kappa shape index (κ1) is 16.9. The van der Waals surface area contributed by atoms with Crippen molar-refractivity contribution in [2.24, 2.45) is 5.92 Å². The van der Waals surface area contributed by atoms with Crippen LogP contribution < -0.4 is 4.90 Å². The minimum atomic E-state index is 0.510. The van der Waals surface area contributed by atoms with Crippen LogP contribution in [0.25, 0.3) is 11.1 Å². The summed E-state index contributed by atoms with van der Waals surface area (Å²) >= 11 is 0. The Labute approximate surface area is 157 Å². The average molecular weight is 341 g/mol. The molecule has 1 heteroatoms. The van der Waals surface area contributed by atoms with Crippen LogP contribution in [0.4, 0.5) is 5.69 Å². The highest BCUT2D eigenvalue weighted by Crippen LogP contribution is 2.40. The van der Waals surface area contributed by atoms with Crippen LogP contribution in [0.2, 0.25) is 0 Å². The minimum absolute atomic E-state index is 0.510. The van der Waals surface area contributed by atoms with E-state index < -0.39 is 0 Å². The highest BCUT2D eigenvalue weighted by atomic mass is 15.1. The quantitative estimate of drug-likeness (QED) is 0.553. The molecule has 26 heavy (non-hydrogen) atoms. The second-order valence-corrected chi connectivity index (χ2v) is 7.86. The summed E-state index contributed by atoms with van der Waals surface area (Å²) in [5.74, 6) is 1.24. The zero-order valence-corrected chi connectivity index (χ0v) is 15.9. The van der Waals surface area contributed by atoms with Gasteiger partial charge in [0.15, 0.2) is 0 Å². The third kappa shape index (κ3) is 3.26. The first-order valence-corrected chi connectivity index (χ1v) is 9.57. The van der Waals surface area contributed by atoms with E-state index >= 15 is 0 Å². The summed E-state index contributed by atoms with van der Waals surface area (Å²) in [7, 11) is 4.16. The summed E-state index contributed by atoms with van der Waals surface area (Å²) in [6.07, 6.45) is 2.44. The van der Waals surface area contributed by atoms with Gasteiger partial charge in [0.2, 0.25) is 0 Å². The van der Waals surface area contributed by atoms with Gasteiger partial charge in [0.05, 0.1) is 0 Å². The number of anilines is 1. The molecule has 0 radical (unpaired) electrons. The molecule has 0 saturated carbocycles. The van der Waals surface area contributed by atoms with E-state index in [0.29, 0.717) is 5.92 Å². The van der Waals surface area contributed by atoms with Crippen LogP contribution in [0.3, 0.4) is 0 Å². The Balaban J connectivity index is 1.70. The molecule has 0 aromatic heterocycles. The summed E-state index contributed by atoms with van der Waals surface area (Å²) in [5.41, 5.74) is 8.32. The van der Waals surface area contributed by atoms with E-state index in [1.54, 1.807) is 0 Å². The number of hydrogen-bond acceptors (Lipinski definition) is 1. The Morgan fingerprint density at radius 3 is 2.35 bits per heavy atom. The second-order valence-electron chi connectivity index (χ2n) is 7.86. The molecule has 0 heterocycles. The Bertz CT molecular complexity index is 892. The molecule has 1 nitrogen and oxygen atoms in total. The zero-order valence-electron chi connectivity index (χ0n) is 15.9. The summed E-state index contributed by atoms with van der Waals surface area (Å²) in [5, 5.41) is 0. The fourth-order valence-corrected chi connectivity index (χ4v) is 4.25. The van der Waals surface area contributed by atoms with Crippen molar-refractivity contribution in [3.63, 3.8) is 0 Å². The van der Waals surface area contributed by atoms with Crippen molar-refractivity contribution in [1.29, 1.82) is 0 Å². The Morgan fingerprint density at radius 1 is 0.808 bits per heavy atom. The van der Waals surface area contributed by atoms with Crippen LogP contribution in [0.15, 0.2) is 72.8 Å². The lowest BCUT2D eigenvalue weighted by molar-refractivity contribution is 0.464. The zero-order chi connectivity index (χ0) is 18.1. The molecule has 3 aromatic rings. The monoisotopic (exact) mass is 341 g/mol. The number of benzene rings is 3. The number of nitrogens with zero attached hydrogens (tertiary/aromatic N) is 1. The van der Waals surface area contributed by atoms with Gasteiger partial charge in [0.1, 0.15) is 0 Å². The van der Waals surface area contributed by atoms with Crippen molar-refractivity contribution in [3.8, 4) is 11.1 Å². The largest absolute Gasteiger partial charge is 0.378 e. The third-order valence-electron chi connectivity index (χ3n) is 5.64. The van der Waals surface area contributed by atoms with Crippen LogP contribution in [-0.4, -0.2) is 14.1 Å². The van der Waals surface area contributed by atoms with Gasteiger partial charge >= 0.3 is 0 Å². The van der Waals surface area contributed by atoms with Crippen LogP contribution in [0.1, 0.15) is 36.0 Å². The van der Waals surface area contributed by atoms with Crippen LogP contribution in [0.5, 0.6) is 0 Å². The van der Waals surface area contributed by atoms with E-state index in [1.807, 2.05) is 0 Å².